The summed E-state index contributed by atoms with van der Waals surface area (Å²) in [5.74, 6) is 0. The van der Waals surface area contributed by atoms with Crippen LogP contribution in [-0.4, -0.2) is 30.0 Å². The molecule has 0 aliphatic carbocycles. The Kier molecular flexibility index (Phi) is 2.72. The smallest absolute Gasteiger partial charge is 0.284 e. The van der Waals surface area contributed by atoms with E-state index >= 15 is 0 Å². The first-order valence-corrected chi connectivity index (χ1v) is 3.24. The van der Waals surface area contributed by atoms with Gasteiger partial charge in [0.15, 0.2) is 6.34 Å². The summed E-state index contributed by atoms with van der Waals surface area (Å²) in [7, 11) is 0. The lowest BCUT2D eigenvalue weighted by atomic mass is 10.2. The topological polar surface area (TPSA) is 15.6 Å². The van der Waals surface area contributed by atoms with Gasteiger partial charge in [-0.05, 0) is 0 Å². The summed E-state index contributed by atoms with van der Waals surface area (Å²) < 4.78 is 58.7. The second kappa shape index (κ2) is 3.47. The molecule has 0 aromatic rings. The highest BCUT2D eigenvalue weighted by Crippen LogP contribution is 2.27. The Hall–Kier alpha value is -0.880. The van der Waals surface area contributed by atoms with E-state index in [0.29, 0.717) is 0 Å². The van der Waals surface area contributed by atoms with E-state index in [1.165, 1.54) is 0 Å². The molecule has 0 aromatic carbocycles. The maximum Gasteiger partial charge on any atom is 0.391 e. The number of hydrogen-bond donors (Lipinski definition) is 0. The van der Waals surface area contributed by atoms with Crippen molar-refractivity contribution in [1.82, 2.24) is 4.90 Å². The summed E-state index contributed by atoms with van der Waals surface area (Å²) in [6, 6.07) is -1.39. The number of alkyl halides is 5. The fourth-order valence-electron chi connectivity index (χ4n) is 0.761. The largest absolute Gasteiger partial charge is 0.391 e. The normalized spacial score (nSPS) is 23.2. The van der Waals surface area contributed by atoms with Crippen LogP contribution in [0.15, 0.2) is 4.99 Å². The van der Waals surface area contributed by atoms with E-state index in [1.807, 2.05) is 6.54 Å². The van der Waals surface area contributed by atoms with E-state index in [9.17, 15) is 22.0 Å². The lowest BCUT2D eigenvalue weighted by Gasteiger charge is -2.13. The highest BCUT2D eigenvalue weighted by Gasteiger charge is 2.36. The Morgan fingerprint density at radius 3 is 2.38 bits per heavy atom. The van der Waals surface area contributed by atoms with Gasteiger partial charge in [0.05, 0.1) is 12.5 Å². The lowest BCUT2D eigenvalue weighted by Crippen LogP contribution is -2.25. The molecule has 1 aliphatic rings. The standard InChI is InChI=1S/C6H4F5N2/c7-5(8)13-2-4(12-3-13)1-6(9,10)11/h4-5H,1H2. The maximum atomic E-state index is 11.8. The minimum absolute atomic E-state index is 0.108. The van der Waals surface area contributed by atoms with Gasteiger partial charge < -0.3 is 0 Å². The molecule has 1 atom stereocenters. The summed E-state index contributed by atoms with van der Waals surface area (Å²) in [5.41, 5.74) is 0. The van der Waals surface area contributed by atoms with E-state index in [1.54, 1.807) is 6.34 Å². The molecule has 2 nitrogen and oxygen atoms in total. The second-order valence-corrected chi connectivity index (χ2v) is 2.34. The summed E-state index contributed by atoms with van der Waals surface area (Å²) in [5, 5.41) is 0. The van der Waals surface area contributed by atoms with Crippen molar-refractivity contribution in [2.45, 2.75) is 25.2 Å². The van der Waals surface area contributed by atoms with Crippen LogP contribution in [0.3, 0.4) is 0 Å². The van der Waals surface area contributed by atoms with Gasteiger partial charge in [0.2, 0.25) is 0 Å². The molecular formula is C6H4F5N2. The number of hydrogen-bond acceptors (Lipinski definition) is 2. The second-order valence-electron chi connectivity index (χ2n) is 2.34. The molecule has 7 heteroatoms. The molecule has 1 aliphatic heterocycles. The first-order chi connectivity index (χ1) is 5.88. The van der Waals surface area contributed by atoms with Crippen LogP contribution < -0.4 is 0 Å². The van der Waals surface area contributed by atoms with Crippen molar-refractivity contribution in [3.05, 3.63) is 6.54 Å². The van der Waals surface area contributed by atoms with Crippen LogP contribution in [0, 0.1) is 6.54 Å². The zero-order valence-electron chi connectivity index (χ0n) is 6.15. The van der Waals surface area contributed by atoms with Crippen LogP contribution in [0.25, 0.3) is 0 Å². The van der Waals surface area contributed by atoms with Crippen LogP contribution in [0.4, 0.5) is 22.0 Å². The molecule has 0 N–H and O–H groups in total. The van der Waals surface area contributed by atoms with Crippen LogP contribution in [0.5, 0.6) is 0 Å². The van der Waals surface area contributed by atoms with Crippen molar-refractivity contribution in [1.29, 1.82) is 0 Å². The molecule has 1 rings (SSSR count). The third-order valence-electron chi connectivity index (χ3n) is 1.23. The zero-order chi connectivity index (χ0) is 10.1. The number of nitrogens with zero attached hydrogens (tertiary/aromatic N) is 2. The Labute approximate surface area is 71.0 Å². The fourth-order valence-corrected chi connectivity index (χ4v) is 0.761. The summed E-state index contributed by atoms with van der Waals surface area (Å²) in [6.07, 6.45) is -3.99. The highest BCUT2D eigenvalue weighted by molar-refractivity contribution is 5.59. The monoisotopic (exact) mass is 199 g/mol. The SMILES string of the molecule is FC(F)N1[C]C(CC(F)(F)F)N=[C]1. The molecule has 0 saturated carbocycles. The molecule has 0 spiro atoms. The molecule has 1 unspecified atom stereocenters. The average Bonchev–Trinajstić information content (AvgIpc) is 2.31. The third kappa shape index (κ3) is 3.16. The molecule has 1 heterocycles. The van der Waals surface area contributed by atoms with Gasteiger partial charge >= 0.3 is 12.7 Å². The molecule has 0 bridgehead atoms. The minimum Gasteiger partial charge on any atom is -0.284 e. The summed E-state index contributed by atoms with van der Waals surface area (Å²) in [4.78, 5) is 3.20. The fraction of sp³-hybridized carbons (Fsp3) is 0.667. The summed E-state index contributed by atoms with van der Waals surface area (Å²) >= 11 is 0. The maximum absolute atomic E-state index is 11.8. The molecular weight excluding hydrogens is 195 g/mol. The zero-order valence-corrected chi connectivity index (χ0v) is 6.15. The van der Waals surface area contributed by atoms with Gasteiger partial charge in [-0.2, -0.15) is 22.0 Å². The van der Waals surface area contributed by atoms with Gasteiger partial charge in [-0.3, -0.25) is 9.89 Å². The number of aliphatic imine (C=N–C) groups is 1. The minimum atomic E-state index is -4.43. The molecule has 3 radical (unpaired) electrons. The lowest BCUT2D eigenvalue weighted by molar-refractivity contribution is -0.137. The van der Waals surface area contributed by atoms with Crippen molar-refractivity contribution in [2.24, 2.45) is 4.99 Å². The van der Waals surface area contributed by atoms with E-state index < -0.39 is 25.2 Å². The quantitative estimate of drug-likeness (QED) is 0.489. The van der Waals surface area contributed by atoms with Crippen molar-refractivity contribution in [3.63, 3.8) is 0 Å². The Morgan fingerprint density at radius 1 is 1.38 bits per heavy atom. The van der Waals surface area contributed by atoms with E-state index in [2.05, 4.69) is 4.99 Å². The van der Waals surface area contributed by atoms with Crippen molar-refractivity contribution in [3.8, 4) is 0 Å². The molecule has 0 saturated heterocycles. The highest BCUT2D eigenvalue weighted by atomic mass is 19.4. The van der Waals surface area contributed by atoms with E-state index in [-0.39, 0.29) is 4.90 Å². The van der Waals surface area contributed by atoms with Gasteiger partial charge in [0, 0.05) is 0 Å². The Bertz CT molecular complexity index is 200. The van der Waals surface area contributed by atoms with Crippen molar-refractivity contribution < 1.29 is 22.0 Å². The Balaban J connectivity index is 2.39. The van der Waals surface area contributed by atoms with Gasteiger partial charge in [-0.1, -0.05) is 0 Å². The van der Waals surface area contributed by atoms with Gasteiger partial charge in [-0.25, -0.2) is 0 Å². The van der Waals surface area contributed by atoms with Gasteiger partial charge in [-0.15, -0.1) is 0 Å². The molecule has 0 amide bonds. The molecule has 73 valence electrons. The van der Waals surface area contributed by atoms with Crippen LogP contribution in [-0.2, 0) is 0 Å². The summed E-state index contributed by atoms with van der Waals surface area (Å²) in [6.45, 7) is -1.11. The third-order valence-corrected chi connectivity index (χ3v) is 1.23. The van der Waals surface area contributed by atoms with Crippen LogP contribution >= 0.6 is 0 Å². The Morgan fingerprint density at radius 2 is 2.00 bits per heavy atom. The number of rotatable bonds is 2. The van der Waals surface area contributed by atoms with Crippen molar-refractivity contribution in [2.75, 3.05) is 0 Å². The molecule has 0 fully saturated rings. The van der Waals surface area contributed by atoms with Gasteiger partial charge in [0.25, 0.3) is 0 Å². The number of halogens is 5. The molecule has 0 aromatic heterocycles. The molecule has 13 heavy (non-hydrogen) atoms. The van der Waals surface area contributed by atoms with E-state index in [0.717, 1.165) is 0 Å². The predicted octanol–water partition coefficient (Wildman–Crippen LogP) is 1.79. The van der Waals surface area contributed by atoms with Crippen LogP contribution in [0.2, 0.25) is 0 Å². The predicted molar refractivity (Wildman–Crippen MR) is 33.0 cm³/mol. The first-order valence-electron chi connectivity index (χ1n) is 3.24. The first kappa shape index (κ1) is 10.2. The van der Waals surface area contributed by atoms with Crippen molar-refractivity contribution >= 4 is 6.34 Å². The van der Waals surface area contributed by atoms with Crippen LogP contribution in [0.1, 0.15) is 6.42 Å². The van der Waals surface area contributed by atoms with Gasteiger partial charge in [0.1, 0.15) is 6.54 Å². The van der Waals surface area contributed by atoms with E-state index in [4.69, 9.17) is 0 Å². The average molecular weight is 199 g/mol.